The number of halogens is 1. The van der Waals surface area contributed by atoms with Crippen molar-refractivity contribution in [3.05, 3.63) is 64.2 Å². The Hall–Kier alpha value is -2.86. The van der Waals surface area contributed by atoms with Crippen molar-refractivity contribution in [3.8, 4) is 5.75 Å². The predicted octanol–water partition coefficient (Wildman–Crippen LogP) is 2.30. The van der Waals surface area contributed by atoms with Gasteiger partial charge in [-0.25, -0.2) is 0 Å². The average molecular weight is 373 g/mol. The molecule has 3 amide bonds. The fourth-order valence-electron chi connectivity index (χ4n) is 2.81. The smallest absolute Gasteiger partial charge is 0.263 e. The summed E-state index contributed by atoms with van der Waals surface area (Å²) in [6.45, 7) is 0.0523. The summed E-state index contributed by atoms with van der Waals surface area (Å²) in [7, 11) is 1.59. The minimum absolute atomic E-state index is 0.156. The van der Waals surface area contributed by atoms with Gasteiger partial charge in [-0.2, -0.15) is 0 Å². The number of fused-ring (bicyclic) bond motifs is 1. The molecule has 1 aliphatic rings. The molecule has 0 spiro atoms. The van der Waals surface area contributed by atoms with Crippen molar-refractivity contribution in [2.24, 2.45) is 0 Å². The largest absolute Gasteiger partial charge is 0.497 e. The first-order valence-electron chi connectivity index (χ1n) is 8.05. The number of carbonyl (C=O) groups excluding carboxylic acids is 3. The van der Waals surface area contributed by atoms with Crippen LogP contribution in [0, 0.1) is 0 Å². The van der Waals surface area contributed by atoms with Crippen LogP contribution in [-0.2, 0) is 11.2 Å². The highest BCUT2D eigenvalue weighted by molar-refractivity contribution is 6.37. The maximum absolute atomic E-state index is 12.4. The summed E-state index contributed by atoms with van der Waals surface area (Å²) in [6.07, 6.45) is 0.608. The van der Waals surface area contributed by atoms with Crippen molar-refractivity contribution in [1.82, 2.24) is 10.2 Å². The molecule has 0 aliphatic carbocycles. The number of benzene rings is 2. The van der Waals surface area contributed by atoms with Crippen LogP contribution in [0.5, 0.6) is 5.75 Å². The summed E-state index contributed by atoms with van der Waals surface area (Å²) in [5.74, 6) is -0.704. The van der Waals surface area contributed by atoms with Gasteiger partial charge in [0.15, 0.2) is 0 Å². The summed E-state index contributed by atoms with van der Waals surface area (Å²) in [4.78, 5) is 37.7. The van der Waals surface area contributed by atoms with Crippen LogP contribution in [-0.4, -0.2) is 42.8 Å². The molecule has 0 atom stereocenters. The van der Waals surface area contributed by atoms with E-state index in [2.05, 4.69) is 5.32 Å². The number of methoxy groups -OCH3 is 1. The molecule has 1 N–H and O–H groups in total. The molecule has 2 aromatic rings. The molecule has 1 heterocycles. The van der Waals surface area contributed by atoms with E-state index < -0.39 is 17.7 Å². The van der Waals surface area contributed by atoms with E-state index in [-0.39, 0.29) is 22.7 Å². The lowest BCUT2D eigenvalue weighted by Crippen LogP contribution is -2.40. The van der Waals surface area contributed by atoms with E-state index in [1.54, 1.807) is 19.2 Å². The van der Waals surface area contributed by atoms with Gasteiger partial charge in [0.05, 0.1) is 23.3 Å². The highest BCUT2D eigenvalue weighted by Gasteiger charge is 2.38. The molecule has 0 fully saturated rings. The molecule has 0 bridgehead atoms. The lowest BCUT2D eigenvalue weighted by molar-refractivity contribution is -0.121. The Morgan fingerprint density at radius 2 is 1.92 bits per heavy atom. The van der Waals surface area contributed by atoms with Gasteiger partial charge >= 0.3 is 0 Å². The SMILES string of the molecule is COc1cccc(CCNC(=O)CN2C(=O)c3cccc(Cl)c3C2=O)c1. The van der Waals surface area contributed by atoms with Crippen molar-refractivity contribution in [2.45, 2.75) is 6.42 Å². The minimum atomic E-state index is -0.543. The molecule has 0 saturated carbocycles. The lowest BCUT2D eigenvalue weighted by Gasteiger charge is -2.13. The van der Waals surface area contributed by atoms with Crippen LogP contribution in [0.25, 0.3) is 0 Å². The van der Waals surface area contributed by atoms with Crippen LogP contribution >= 0.6 is 11.6 Å². The van der Waals surface area contributed by atoms with E-state index >= 15 is 0 Å². The fraction of sp³-hybridized carbons (Fsp3) is 0.211. The third kappa shape index (κ3) is 3.55. The molecule has 7 heteroatoms. The normalized spacial score (nSPS) is 12.9. The molecular weight excluding hydrogens is 356 g/mol. The Morgan fingerprint density at radius 1 is 1.15 bits per heavy atom. The molecular formula is C19H17ClN2O4. The molecule has 0 saturated heterocycles. The van der Waals surface area contributed by atoms with Crippen molar-refractivity contribution < 1.29 is 19.1 Å². The van der Waals surface area contributed by atoms with E-state index in [0.29, 0.717) is 13.0 Å². The van der Waals surface area contributed by atoms with E-state index in [9.17, 15) is 14.4 Å². The minimum Gasteiger partial charge on any atom is -0.497 e. The number of carbonyl (C=O) groups is 3. The first-order chi connectivity index (χ1) is 12.5. The quantitative estimate of drug-likeness (QED) is 0.789. The first kappa shape index (κ1) is 17.9. The van der Waals surface area contributed by atoms with Crippen molar-refractivity contribution >= 4 is 29.3 Å². The second kappa shape index (κ2) is 7.58. The van der Waals surface area contributed by atoms with E-state index in [4.69, 9.17) is 16.3 Å². The average Bonchev–Trinajstić information content (AvgIpc) is 2.88. The summed E-state index contributed by atoms with van der Waals surface area (Å²) >= 11 is 6.00. The maximum Gasteiger partial charge on any atom is 0.263 e. The van der Waals surface area contributed by atoms with E-state index in [0.717, 1.165) is 16.2 Å². The summed E-state index contributed by atoms with van der Waals surface area (Å²) in [6, 6.07) is 12.2. The maximum atomic E-state index is 12.4. The number of imide groups is 1. The molecule has 0 radical (unpaired) electrons. The molecule has 2 aromatic carbocycles. The van der Waals surface area contributed by atoms with Crippen LogP contribution in [0.3, 0.4) is 0 Å². The van der Waals surface area contributed by atoms with Crippen molar-refractivity contribution in [3.63, 3.8) is 0 Å². The number of hydrogen-bond acceptors (Lipinski definition) is 4. The Bertz CT molecular complexity index is 882. The second-order valence-electron chi connectivity index (χ2n) is 5.81. The van der Waals surface area contributed by atoms with Gasteiger partial charge in [-0.15, -0.1) is 0 Å². The highest BCUT2D eigenvalue weighted by atomic mass is 35.5. The standard InChI is InChI=1S/C19H17ClN2O4/c1-26-13-5-2-4-12(10-13)8-9-21-16(23)11-22-18(24)14-6-3-7-15(20)17(14)19(22)25/h2-7,10H,8-9,11H2,1H3,(H,21,23). The summed E-state index contributed by atoms with van der Waals surface area (Å²) in [5, 5.41) is 2.93. The van der Waals surface area contributed by atoms with Gasteiger partial charge in [-0.3, -0.25) is 19.3 Å². The monoisotopic (exact) mass is 372 g/mol. The van der Waals surface area contributed by atoms with Crippen molar-refractivity contribution in [1.29, 1.82) is 0 Å². The Morgan fingerprint density at radius 3 is 2.65 bits per heavy atom. The number of rotatable bonds is 6. The fourth-order valence-corrected chi connectivity index (χ4v) is 3.07. The first-order valence-corrected chi connectivity index (χ1v) is 8.43. The Kier molecular flexibility index (Phi) is 5.23. The lowest BCUT2D eigenvalue weighted by atomic mass is 10.1. The molecule has 6 nitrogen and oxygen atoms in total. The number of nitrogens with zero attached hydrogens (tertiary/aromatic N) is 1. The van der Waals surface area contributed by atoms with Gasteiger partial charge in [0.1, 0.15) is 12.3 Å². The number of amides is 3. The van der Waals surface area contributed by atoms with Gasteiger partial charge in [0.25, 0.3) is 11.8 Å². The summed E-state index contributed by atoms with van der Waals surface area (Å²) in [5.41, 5.74) is 1.40. The molecule has 3 rings (SSSR count). The Balaban J connectivity index is 1.56. The second-order valence-corrected chi connectivity index (χ2v) is 6.22. The molecule has 0 aromatic heterocycles. The number of ether oxygens (including phenoxy) is 1. The van der Waals surface area contributed by atoms with Crippen LogP contribution in [0.15, 0.2) is 42.5 Å². The molecule has 26 heavy (non-hydrogen) atoms. The molecule has 0 unspecified atom stereocenters. The third-order valence-electron chi connectivity index (χ3n) is 4.12. The zero-order chi connectivity index (χ0) is 18.7. The summed E-state index contributed by atoms with van der Waals surface area (Å²) < 4.78 is 5.16. The third-order valence-corrected chi connectivity index (χ3v) is 4.43. The number of hydrogen-bond donors (Lipinski definition) is 1. The molecule has 134 valence electrons. The van der Waals surface area contributed by atoms with Gasteiger partial charge in [-0.05, 0) is 36.2 Å². The van der Waals surface area contributed by atoms with E-state index in [1.165, 1.54) is 6.07 Å². The number of nitrogens with one attached hydrogen (secondary N) is 1. The Labute approximate surface area is 155 Å². The molecule has 1 aliphatic heterocycles. The topological polar surface area (TPSA) is 75.7 Å². The van der Waals surface area contributed by atoms with Gasteiger partial charge in [0.2, 0.25) is 5.91 Å². The van der Waals surface area contributed by atoms with E-state index in [1.807, 2.05) is 24.3 Å². The van der Waals surface area contributed by atoms with Crippen molar-refractivity contribution in [2.75, 3.05) is 20.2 Å². The van der Waals surface area contributed by atoms with Crippen LogP contribution in [0.1, 0.15) is 26.3 Å². The zero-order valence-electron chi connectivity index (χ0n) is 14.1. The van der Waals surface area contributed by atoms with Gasteiger partial charge in [-0.1, -0.05) is 29.8 Å². The zero-order valence-corrected chi connectivity index (χ0v) is 14.9. The van der Waals surface area contributed by atoms with Crippen LogP contribution < -0.4 is 10.1 Å². The van der Waals surface area contributed by atoms with Crippen LogP contribution in [0.2, 0.25) is 5.02 Å². The van der Waals surface area contributed by atoms with Crippen LogP contribution in [0.4, 0.5) is 0 Å². The highest BCUT2D eigenvalue weighted by Crippen LogP contribution is 2.28. The predicted molar refractivity (Wildman–Crippen MR) is 96.5 cm³/mol. The van der Waals surface area contributed by atoms with Gasteiger partial charge in [0, 0.05) is 6.54 Å². The van der Waals surface area contributed by atoms with Gasteiger partial charge < -0.3 is 10.1 Å².